The lowest BCUT2D eigenvalue weighted by atomic mass is 10.1. The minimum absolute atomic E-state index is 0.0406. The third kappa shape index (κ3) is 2.60. The molecule has 0 amide bonds. The second-order valence-electron chi connectivity index (χ2n) is 5.67. The summed E-state index contributed by atoms with van der Waals surface area (Å²) in [5.41, 5.74) is 6.16. The molecular weight excluding hydrogens is 279 g/mol. The predicted molar refractivity (Wildman–Crippen MR) is 76.2 cm³/mol. The van der Waals surface area contributed by atoms with Gasteiger partial charge in [0.2, 0.25) is 10.0 Å². The number of hydrogen-bond donors (Lipinski definition) is 1. The van der Waals surface area contributed by atoms with E-state index in [-0.39, 0.29) is 23.0 Å². The molecular formula is C14H21FN2O2S. The van der Waals surface area contributed by atoms with Crippen molar-refractivity contribution in [3.05, 3.63) is 29.1 Å². The number of rotatable bonds is 3. The lowest BCUT2D eigenvalue weighted by Gasteiger charge is -2.22. The van der Waals surface area contributed by atoms with Gasteiger partial charge in [-0.05, 0) is 43.9 Å². The van der Waals surface area contributed by atoms with Crippen LogP contribution in [0, 0.1) is 18.7 Å². The molecule has 2 rings (SSSR count). The zero-order valence-corrected chi connectivity index (χ0v) is 12.9. The normalized spacial score (nSPS) is 24.2. The highest BCUT2D eigenvalue weighted by Gasteiger charge is 2.37. The molecule has 0 spiro atoms. The maximum atomic E-state index is 13.9. The molecule has 1 saturated heterocycles. The minimum Gasteiger partial charge on any atom is -0.326 e. The van der Waals surface area contributed by atoms with Gasteiger partial charge in [0.25, 0.3) is 0 Å². The molecule has 2 unspecified atom stereocenters. The summed E-state index contributed by atoms with van der Waals surface area (Å²) in [7, 11) is -3.67. The molecule has 1 aromatic carbocycles. The van der Waals surface area contributed by atoms with Crippen molar-refractivity contribution in [2.24, 2.45) is 11.7 Å². The molecule has 0 radical (unpaired) electrons. The Labute approximate surface area is 119 Å². The van der Waals surface area contributed by atoms with Crippen molar-refractivity contribution in [1.29, 1.82) is 0 Å². The molecule has 1 aliphatic heterocycles. The number of nitrogens with two attached hydrogens (primary N) is 1. The molecule has 1 fully saturated rings. The maximum Gasteiger partial charge on any atom is 0.243 e. The largest absolute Gasteiger partial charge is 0.326 e. The van der Waals surface area contributed by atoms with E-state index in [0.717, 1.165) is 6.42 Å². The fourth-order valence-corrected chi connectivity index (χ4v) is 4.86. The Morgan fingerprint density at radius 2 is 2.05 bits per heavy atom. The fourth-order valence-electron chi connectivity index (χ4n) is 2.82. The Morgan fingerprint density at radius 3 is 2.55 bits per heavy atom. The third-order valence-corrected chi connectivity index (χ3v) is 6.01. The van der Waals surface area contributed by atoms with Gasteiger partial charge in [-0.1, -0.05) is 6.92 Å². The maximum absolute atomic E-state index is 13.9. The van der Waals surface area contributed by atoms with Gasteiger partial charge in [0.05, 0.1) is 4.90 Å². The first-order valence-corrected chi connectivity index (χ1v) is 8.22. The second kappa shape index (κ2) is 5.42. The minimum atomic E-state index is -3.67. The average Bonchev–Trinajstić information content (AvgIpc) is 2.72. The number of halogens is 1. The summed E-state index contributed by atoms with van der Waals surface area (Å²) in [6, 6.07) is 2.73. The Balaban J connectivity index is 2.52. The van der Waals surface area contributed by atoms with Gasteiger partial charge in [-0.15, -0.1) is 0 Å². The van der Waals surface area contributed by atoms with E-state index in [2.05, 4.69) is 0 Å². The fraction of sp³-hybridized carbons (Fsp3) is 0.571. The number of benzene rings is 1. The van der Waals surface area contributed by atoms with Crippen molar-refractivity contribution in [1.82, 2.24) is 4.31 Å². The predicted octanol–water partition coefficient (Wildman–Crippen LogP) is 2.01. The summed E-state index contributed by atoms with van der Waals surface area (Å²) in [6.45, 7) is 6.01. The SMILES string of the molecule is Cc1c(F)cc(CN)cc1S(=O)(=O)N1CC(C)CC1C. The summed E-state index contributed by atoms with van der Waals surface area (Å²) in [4.78, 5) is 0.0406. The molecule has 1 heterocycles. The van der Waals surface area contributed by atoms with Crippen LogP contribution in [0.15, 0.2) is 17.0 Å². The molecule has 4 nitrogen and oxygen atoms in total. The molecule has 1 aromatic rings. The smallest absolute Gasteiger partial charge is 0.243 e. The molecule has 6 heteroatoms. The van der Waals surface area contributed by atoms with Gasteiger partial charge in [0.1, 0.15) is 5.82 Å². The van der Waals surface area contributed by atoms with Gasteiger partial charge in [-0.3, -0.25) is 0 Å². The van der Waals surface area contributed by atoms with Crippen molar-refractivity contribution < 1.29 is 12.8 Å². The molecule has 20 heavy (non-hydrogen) atoms. The van der Waals surface area contributed by atoms with Crippen LogP contribution in [0.4, 0.5) is 4.39 Å². The molecule has 0 aromatic heterocycles. The van der Waals surface area contributed by atoms with E-state index in [0.29, 0.717) is 18.0 Å². The first-order chi connectivity index (χ1) is 9.27. The van der Waals surface area contributed by atoms with E-state index in [9.17, 15) is 12.8 Å². The van der Waals surface area contributed by atoms with Gasteiger partial charge >= 0.3 is 0 Å². The standard InChI is InChI=1S/C14H21FN2O2S/c1-9-4-10(2)17(8-9)20(18,19)14-6-12(7-16)5-13(15)11(14)3/h5-6,9-10H,4,7-8,16H2,1-3H3. The van der Waals surface area contributed by atoms with Crippen LogP contribution < -0.4 is 5.73 Å². The van der Waals surface area contributed by atoms with Crippen molar-refractivity contribution in [2.75, 3.05) is 6.54 Å². The Bertz CT molecular complexity index is 616. The molecule has 0 saturated carbocycles. The number of nitrogens with zero attached hydrogens (tertiary/aromatic N) is 1. The van der Waals surface area contributed by atoms with E-state index in [4.69, 9.17) is 5.73 Å². The number of sulfonamides is 1. The van der Waals surface area contributed by atoms with E-state index < -0.39 is 15.8 Å². The van der Waals surface area contributed by atoms with Crippen LogP contribution in [0.25, 0.3) is 0 Å². The summed E-state index contributed by atoms with van der Waals surface area (Å²) < 4.78 is 40.9. The van der Waals surface area contributed by atoms with Crippen LogP contribution in [-0.4, -0.2) is 25.3 Å². The second-order valence-corrected chi connectivity index (χ2v) is 7.53. The van der Waals surface area contributed by atoms with E-state index in [1.54, 1.807) is 0 Å². The van der Waals surface area contributed by atoms with Crippen molar-refractivity contribution in [2.45, 2.75) is 44.7 Å². The summed E-state index contributed by atoms with van der Waals surface area (Å²) >= 11 is 0. The number of hydrogen-bond acceptors (Lipinski definition) is 3. The third-order valence-electron chi connectivity index (χ3n) is 3.91. The van der Waals surface area contributed by atoms with Crippen LogP contribution in [0.2, 0.25) is 0 Å². The monoisotopic (exact) mass is 300 g/mol. The summed E-state index contributed by atoms with van der Waals surface area (Å²) in [5, 5.41) is 0. The lowest BCUT2D eigenvalue weighted by molar-refractivity contribution is 0.404. The molecule has 2 atom stereocenters. The van der Waals surface area contributed by atoms with E-state index in [1.165, 1.54) is 23.4 Å². The van der Waals surface area contributed by atoms with Crippen molar-refractivity contribution in [3.63, 3.8) is 0 Å². The van der Waals surface area contributed by atoms with Gasteiger partial charge in [0.15, 0.2) is 0 Å². The van der Waals surface area contributed by atoms with Crippen molar-refractivity contribution in [3.8, 4) is 0 Å². The first kappa shape index (κ1) is 15.4. The van der Waals surface area contributed by atoms with Crippen LogP contribution in [0.1, 0.15) is 31.4 Å². The first-order valence-electron chi connectivity index (χ1n) is 6.78. The molecule has 2 N–H and O–H groups in total. The Morgan fingerprint density at radius 1 is 1.40 bits per heavy atom. The van der Waals surface area contributed by atoms with Gasteiger partial charge in [0, 0.05) is 24.7 Å². The lowest BCUT2D eigenvalue weighted by Crippen LogP contribution is -2.34. The summed E-state index contributed by atoms with van der Waals surface area (Å²) in [6.07, 6.45) is 0.831. The topological polar surface area (TPSA) is 63.4 Å². The van der Waals surface area contributed by atoms with Crippen LogP contribution in [0.5, 0.6) is 0 Å². The van der Waals surface area contributed by atoms with Gasteiger partial charge < -0.3 is 5.73 Å². The summed E-state index contributed by atoms with van der Waals surface area (Å²) in [5.74, 6) is -0.200. The average molecular weight is 300 g/mol. The van der Waals surface area contributed by atoms with Crippen LogP contribution in [-0.2, 0) is 16.6 Å². The van der Waals surface area contributed by atoms with Gasteiger partial charge in [-0.25, -0.2) is 12.8 Å². The zero-order valence-electron chi connectivity index (χ0n) is 12.1. The van der Waals surface area contributed by atoms with Crippen molar-refractivity contribution >= 4 is 10.0 Å². The molecule has 1 aliphatic rings. The quantitative estimate of drug-likeness (QED) is 0.929. The van der Waals surface area contributed by atoms with Crippen LogP contribution >= 0.6 is 0 Å². The van der Waals surface area contributed by atoms with Gasteiger partial charge in [-0.2, -0.15) is 4.31 Å². The molecule has 112 valence electrons. The molecule has 0 aliphatic carbocycles. The van der Waals surface area contributed by atoms with E-state index >= 15 is 0 Å². The molecule has 0 bridgehead atoms. The zero-order chi connectivity index (χ0) is 15.1. The highest BCUT2D eigenvalue weighted by molar-refractivity contribution is 7.89. The Hall–Kier alpha value is -0.980. The highest BCUT2D eigenvalue weighted by Crippen LogP contribution is 2.31. The highest BCUT2D eigenvalue weighted by atomic mass is 32.2. The van der Waals surface area contributed by atoms with E-state index in [1.807, 2.05) is 13.8 Å². The van der Waals surface area contributed by atoms with Crippen LogP contribution in [0.3, 0.4) is 0 Å². The Kier molecular flexibility index (Phi) is 4.18.